The molecule has 0 saturated heterocycles. The molecular weight excluding hydrogens is 333 g/mol. The van der Waals surface area contributed by atoms with Crippen LogP contribution in [0.1, 0.15) is 22.8 Å². The largest absolute Gasteiger partial charge is 0.478 e. The first kappa shape index (κ1) is 17.4. The molecule has 0 spiro atoms. The van der Waals surface area contributed by atoms with Crippen LogP contribution in [0, 0.1) is 5.82 Å². The summed E-state index contributed by atoms with van der Waals surface area (Å²) >= 11 is 0. The van der Waals surface area contributed by atoms with Crippen molar-refractivity contribution in [3.63, 3.8) is 0 Å². The van der Waals surface area contributed by atoms with Crippen LogP contribution in [0.2, 0.25) is 0 Å². The van der Waals surface area contributed by atoms with E-state index < -0.39 is 17.7 Å². The predicted octanol–water partition coefficient (Wildman–Crippen LogP) is 4.72. The van der Waals surface area contributed by atoms with Crippen molar-refractivity contribution < 1.29 is 19.1 Å². The van der Waals surface area contributed by atoms with Crippen LogP contribution < -0.4 is 5.32 Å². The van der Waals surface area contributed by atoms with E-state index in [0.29, 0.717) is 5.57 Å². The molecule has 0 radical (unpaired) electrons. The van der Waals surface area contributed by atoms with Crippen molar-refractivity contribution in [3.8, 4) is 0 Å². The van der Waals surface area contributed by atoms with Gasteiger partial charge in [-0.25, -0.2) is 9.18 Å². The average molecular weight is 349 g/mol. The van der Waals surface area contributed by atoms with Gasteiger partial charge in [-0.2, -0.15) is 0 Å². The number of amides is 1. The third-order valence-electron chi connectivity index (χ3n) is 3.98. The molecule has 26 heavy (non-hydrogen) atoms. The minimum absolute atomic E-state index is 0.0752. The molecule has 0 fully saturated rings. The number of carboxylic acids is 1. The second kappa shape index (κ2) is 7.19. The summed E-state index contributed by atoms with van der Waals surface area (Å²) < 4.78 is 13.4. The molecule has 0 saturated carbocycles. The Balaban J connectivity index is 1.86. The molecule has 0 heterocycles. The van der Waals surface area contributed by atoms with E-state index in [0.717, 1.165) is 34.5 Å². The third kappa shape index (κ3) is 3.78. The van der Waals surface area contributed by atoms with E-state index in [2.05, 4.69) is 5.32 Å². The van der Waals surface area contributed by atoms with E-state index in [9.17, 15) is 14.0 Å². The molecule has 0 aromatic heterocycles. The summed E-state index contributed by atoms with van der Waals surface area (Å²) in [5.41, 5.74) is 0.974. The lowest BCUT2D eigenvalue weighted by Gasteiger charge is -2.09. The monoisotopic (exact) mass is 349 g/mol. The molecule has 0 aliphatic carbocycles. The van der Waals surface area contributed by atoms with E-state index in [4.69, 9.17) is 5.11 Å². The molecule has 0 atom stereocenters. The van der Waals surface area contributed by atoms with Gasteiger partial charge < -0.3 is 10.4 Å². The van der Waals surface area contributed by atoms with Gasteiger partial charge in [-0.05, 0) is 53.6 Å². The summed E-state index contributed by atoms with van der Waals surface area (Å²) in [6.45, 7) is 1.62. The smallest absolute Gasteiger partial charge is 0.337 e. The number of benzene rings is 3. The van der Waals surface area contributed by atoms with Gasteiger partial charge >= 0.3 is 5.97 Å². The Morgan fingerprint density at radius 1 is 1.00 bits per heavy atom. The molecule has 1 amide bonds. The first-order chi connectivity index (χ1) is 12.4. The van der Waals surface area contributed by atoms with Crippen molar-refractivity contribution in [2.45, 2.75) is 6.92 Å². The highest BCUT2D eigenvalue weighted by molar-refractivity contribution is 6.09. The molecule has 3 rings (SSSR count). The van der Waals surface area contributed by atoms with Gasteiger partial charge in [-0.15, -0.1) is 0 Å². The number of hydrogen-bond donors (Lipinski definition) is 2. The van der Waals surface area contributed by atoms with E-state index in [1.165, 1.54) is 0 Å². The molecule has 0 aliphatic heterocycles. The number of nitrogens with one attached hydrogen (secondary N) is 1. The van der Waals surface area contributed by atoms with Gasteiger partial charge in [0.1, 0.15) is 5.82 Å². The van der Waals surface area contributed by atoms with Crippen molar-refractivity contribution in [1.82, 2.24) is 0 Å². The summed E-state index contributed by atoms with van der Waals surface area (Å²) in [5.74, 6) is -2.36. The minimum atomic E-state index is -1.24. The summed E-state index contributed by atoms with van der Waals surface area (Å²) in [6.07, 6.45) is 1.70. The van der Waals surface area contributed by atoms with Crippen molar-refractivity contribution >= 4 is 34.4 Å². The van der Waals surface area contributed by atoms with Gasteiger partial charge in [-0.1, -0.05) is 36.4 Å². The molecule has 5 heteroatoms. The second-order valence-electron chi connectivity index (χ2n) is 5.88. The fourth-order valence-electron chi connectivity index (χ4n) is 2.64. The Morgan fingerprint density at radius 3 is 2.46 bits per heavy atom. The number of carbonyl (C=O) groups is 2. The van der Waals surface area contributed by atoms with Crippen molar-refractivity contribution in [2.75, 3.05) is 5.32 Å². The van der Waals surface area contributed by atoms with Gasteiger partial charge in [0.2, 0.25) is 0 Å². The van der Waals surface area contributed by atoms with Crippen molar-refractivity contribution in [2.24, 2.45) is 0 Å². The van der Waals surface area contributed by atoms with Crippen LogP contribution >= 0.6 is 0 Å². The molecular formula is C21H16FNO3. The maximum Gasteiger partial charge on any atom is 0.337 e. The Labute approximate surface area is 149 Å². The Morgan fingerprint density at radius 2 is 1.73 bits per heavy atom. The maximum absolute atomic E-state index is 13.4. The third-order valence-corrected chi connectivity index (χ3v) is 3.98. The molecule has 2 N–H and O–H groups in total. The zero-order chi connectivity index (χ0) is 18.7. The highest BCUT2D eigenvalue weighted by atomic mass is 19.1. The van der Waals surface area contributed by atoms with Crippen molar-refractivity contribution in [1.29, 1.82) is 0 Å². The first-order valence-corrected chi connectivity index (χ1v) is 7.95. The number of rotatable bonds is 4. The molecule has 3 aromatic rings. The lowest BCUT2D eigenvalue weighted by atomic mass is 10.0. The molecule has 4 nitrogen and oxygen atoms in total. The number of halogens is 1. The van der Waals surface area contributed by atoms with E-state index in [-0.39, 0.29) is 11.3 Å². The lowest BCUT2D eigenvalue weighted by Crippen LogP contribution is -2.15. The maximum atomic E-state index is 13.4. The number of carbonyl (C=O) groups excluding carboxylic acids is 1. The van der Waals surface area contributed by atoms with Gasteiger partial charge in [0.05, 0.1) is 11.3 Å². The SMILES string of the molecule is CC(=Cc1ccc2ccccc2c1)C(=O)Nc1cc(F)ccc1C(=O)O. The Kier molecular flexibility index (Phi) is 4.80. The normalized spacial score (nSPS) is 11.4. The van der Waals surface area contributed by atoms with Gasteiger partial charge in [-0.3, -0.25) is 4.79 Å². The van der Waals surface area contributed by atoms with Gasteiger partial charge in [0.15, 0.2) is 0 Å². The summed E-state index contributed by atoms with van der Waals surface area (Å²) in [4.78, 5) is 23.6. The van der Waals surface area contributed by atoms with Gasteiger partial charge in [0.25, 0.3) is 5.91 Å². The van der Waals surface area contributed by atoms with Crippen LogP contribution in [0.25, 0.3) is 16.8 Å². The predicted molar refractivity (Wildman–Crippen MR) is 99.6 cm³/mol. The van der Waals surface area contributed by atoms with Crippen LogP contribution in [-0.2, 0) is 4.79 Å². The summed E-state index contributed by atoms with van der Waals surface area (Å²) in [6, 6.07) is 16.8. The number of hydrogen-bond acceptors (Lipinski definition) is 2. The highest BCUT2D eigenvalue weighted by Gasteiger charge is 2.14. The number of aromatic carboxylic acids is 1. The molecule has 3 aromatic carbocycles. The Bertz CT molecular complexity index is 1040. The van der Waals surface area contributed by atoms with Crippen LogP contribution in [0.4, 0.5) is 10.1 Å². The second-order valence-corrected chi connectivity index (χ2v) is 5.88. The van der Waals surface area contributed by atoms with E-state index in [1.807, 2.05) is 42.5 Å². The summed E-state index contributed by atoms with van der Waals surface area (Å²) in [7, 11) is 0. The van der Waals surface area contributed by atoms with Crippen LogP contribution in [0.15, 0.2) is 66.2 Å². The van der Waals surface area contributed by atoms with E-state index >= 15 is 0 Å². The molecule has 0 unspecified atom stereocenters. The number of fused-ring (bicyclic) bond motifs is 1. The van der Waals surface area contributed by atoms with Crippen LogP contribution in [0.5, 0.6) is 0 Å². The molecule has 130 valence electrons. The number of anilines is 1. The average Bonchev–Trinajstić information content (AvgIpc) is 2.61. The topological polar surface area (TPSA) is 66.4 Å². The molecule has 0 bridgehead atoms. The standard InChI is InChI=1S/C21H16FNO3/c1-13(10-14-6-7-15-4-2-3-5-16(15)11-14)20(24)23-19-12-17(22)8-9-18(19)21(25)26/h2-12H,1H3,(H,23,24)(H,25,26). The molecule has 0 aliphatic rings. The first-order valence-electron chi connectivity index (χ1n) is 7.95. The summed E-state index contributed by atoms with van der Waals surface area (Å²) in [5, 5.41) is 13.8. The zero-order valence-corrected chi connectivity index (χ0v) is 14.0. The Hall–Kier alpha value is -3.47. The van der Waals surface area contributed by atoms with Crippen molar-refractivity contribution in [3.05, 3.63) is 83.2 Å². The fraction of sp³-hybridized carbons (Fsp3) is 0.0476. The quantitative estimate of drug-likeness (QED) is 0.670. The lowest BCUT2D eigenvalue weighted by molar-refractivity contribution is -0.112. The van der Waals surface area contributed by atoms with Crippen LogP contribution in [-0.4, -0.2) is 17.0 Å². The fourth-order valence-corrected chi connectivity index (χ4v) is 2.64. The van der Waals surface area contributed by atoms with E-state index in [1.54, 1.807) is 13.0 Å². The number of carboxylic acid groups (broad SMARTS) is 1. The highest BCUT2D eigenvalue weighted by Crippen LogP contribution is 2.20. The minimum Gasteiger partial charge on any atom is -0.478 e. The van der Waals surface area contributed by atoms with Gasteiger partial charge in [0, 0.05) is 5.57 Å². The van der Waals surface area contributed by atoms with Crippen LogP contribution in [0.3, 0.4) is 0 Å². The zero-order valence-electron chi connectivity index (χ0n) is 14.0.